The van der Waals surface area contributed by atoms with Crippen LogP contribution in [0, 0.1) is 5.82 Å². The fourth-order valence-corrected chi connectivity index (χ4v) is 2.77. The van der Waals surface area contributed by atoms with Crippen LogP contribution in [0.15, 0.2) is 71.3 Å². The van der Waals surface area contributed by atoms with Crippen molar-refractivity contribution < 1.29 is 13.6 Å². The zero-order valence-electron chi connectivity index (χ0n) is 12.1. The first-order chi connectivity index (χ1) is 11.2. The van der Waals surface area contributed by atoms with E-state index in [1.807, 2.05) is 18.2 Å². The average molecular weight is 308 g/mol. The molecule has 1 amide bonds. The molecular weight excluding hydrogens is 295 g/mol. The summed E-state index contributed by atoms with van der Waals surface area (Å²) in [5.74, 6) is 0.102. The van der Waals surface area contributed by atoms with Crippen molar-refractivity contribution in [2.24, 2.45) is 0 Å². The average Bonchev–Trinajstić information content (AvgIpc) is 3.10. The summed E-state index contributed by atoms with van der Waals surface area (Å²) in [6.45, 7) is 0. The minimum absolute atomic E-state index is 0.160. The van der Waals surface area contributed by atoms with Crippen LogP contribution >= 0.6 is 0 Å². The van der Waals surface area contributed by atoms with Crippen LogP contribution in [-0.4, -0.2) is 5.91 Å². The molecule has 1 N–H and O–H groups in total. The Morgan fingerprint density at radius 2 is 1.78 bits per heavy atom. The van der Waals surface area contributed by atoms with Gasteiger partial charge in [-0.05, 0) is 48.5 Å². The summed E-state index contributed by atoms with van der Waals surface area (Å²) >= 11 is 0. The van der Waals surface area contributed by atoms with Crippen molar-refractivity contribution in [3.8, 4) is 0 Å². The van der Waals surface area contributed by atoms with Gasteiger partial charge in [-0.3, -0.25) is 9.69 Å². The molecule has 0 saturated heterocycles. The van der Waals surface area contributed by atoms with Crippen molar-refractivity contribution in [1.29, 1.82) is 0 Å². The van der Waals surface area contributed by atoms with Crippen LogP contribution in [0.3, 0.4) is 0 Å². The predicted molar refractivity (Wildman–Crippen MR) is 84.7 cm³/mol. The molecule has 0 aliphatic carbocycles. The van der Waals surface area contributed by atoms with Gasteiger partial charge < -0.3 is 9.73 Å². The summed E-state index contributed by atoms with van der Waals surface area (Å²) in [6.07, 6.45) is 1.07. The molecule has 5 heteroatoms. The lowest BCUT2D eigenvalue weighted by atomic mass is 10.1. The Morgan fingerprint density at radius 3 is 2.52 bits per heavy atom. The normalized spacial score (nSPS) is 16.8. The van der Waals surface area contributed by atoms with Crippen molar-refractivity contribution in [2.75, 3.05) is 10.2 Å². The Morgan fingerprint density at radius 1 is 1.00 bits per heavy atom. The molecule has 23 heavy (non-hydrogen) atoms. The molecule has 0 saturated carbocycles. The molecule has 3 aromatic rings. The van der Waals surface area contributed by atoms with Gasteiger partial charge in [-0.25, -0.2) is 4.39 Å². The van der Waals surface area contributed by atoms with Gasteiger partial charge in [0.05, 0.1) is 11.8 Å². The summed E-state index contributed by atoms with van der Waals surface area (Å²) < 4.78 is 18.7. The summed E-state index contributed by atoms with van der Waals surface area (Å²) in [4.78, 5) is 14.5. The van der Waals surface area contributed by atoms with Crippen molar-refractivity contribution in [3.05, 3.63) is 84.1 Å². The third-order valence-electron chi connectivity index (χ3n) is 3.84. The van der Waals surface area contributed by atoms with E-state index in [9.17, 15) is 9.18 Å². The van der Waals surface area contributed by atoms with E-state index in [2.05, 4.69) is 5.32 Å². The highest BCUT2D eigenvalue weighted by atomic mass is 19.1. The predicted octanol–water partition coefficient (Wildman–Crippen LogP) is 4.19. The number of rotatable bonds is 2. The SMILES string of the molecule is O=C1c2ccccc2NC(c2ccco2)N1c1ccc(F)cc1. The quantitative estimate of drug-likeness (QED) is 0.772. The molecular formula is C18H13FN2O2. The molecule has 4 rings (SSSR count). The lowest BCUT2D eigenvalue weighted by Gasteiger charge is -2.36. The van der Waals surface area contributed by atoms with Gasteiger partial charge in [0.2, 0.25) is 0 Å². The highest BCUT2D eigenvalue weighted by Gasteiger charge is 2.35. The van der Waals surface area contributed by atoms with Crippen LogP contribution < -0.4 is 10.2 Å². The van der Waals surface area contributed by atoms with Crippen LogP contribution in [0.4, 0.5) is 15.8 Å². The fraction of sp³-hybridized carbons (Fsp3) is 0.0556. The number of carbonyl (C=O) groups is 1. The second-order valence-corrected chi connectivity index (χ2v) is 5.26. The second-order valence-electron chi connectivity index (χ2n) is 5.26. The van der Waals surface area contributed by atoms with Gasteiger partial charge in [0.25, 0.3) is 5.91 Å². The highest BCUT2D eigenvalue weighted by molar-refractivity contribution is 6.12. The third kappa shape index (κ3) is 2.26. The minimum atomic E-state index is -0.488. The van der Waals surface area contributed by atoms with Crippen LogP contribution in [0.5, 0.6) is 0 Å². The van der Waals surface area contributed by atoms with Gasteiger partial charge in [0.1, 0.15) is 11.6 Å². The maximum Gasteiger partial charge on any atom is 0.262 e. The number of carbonyl (C=O) groups excluding carboxylic acids is 1. The number of anilines is 2. The second kappa shape index (κ2) is 5.28. The molecule has 0 fully saturated rings. The highest BCUT2D eigenvalue weighted by Crippen LogP contribution is 2.36. The number of furan rings is 1. The summed E-state index contributed by atoms with van der Waals surface area (Å²) in [7, 11) is 0. The van der Waals surface area contributed by atoms with Crippen LogP contribution in [0.25, 0.3) is 0 Å². The van der Waals surface area contributed by atoms with Gasteiger partial charge in [-0.2, -0.15) is 0 Å². The first kappa shape index (κ1) is 13.6. The topological polar surface area (TPSA) is 45.5 Å². The van der Waals surface area contributed by atoms with Gasteiger partial charge in [0, 0.05) is 11.4 Å². The molecule has 0 bridgehead atoms. The van der Waals surface area contributed by atoms with E-state index in [0.717, 1.165) is 5.69 Å². The zero-order chi connectivity index (χ0) is 15.8. The number of benzene rings is 2. The maximum absolute atomic E-state index is 13.2. The van der Waals surface area contributed by atoms with Crippen LogP contribution in [0.1, 0.15) is 22.3 Å². The fourth-order valence-electron chi connectivity index (χ4n) is 2.77. The molecule has 1 unspecified atom stereocenters. The van der Waals surface area contributed by atoms with Crippen LogP contribution in [0.2, 0.25) is 0 Å². The van der Waals surface area contributed by atoms with Gasteiger partial charge in [-0.1, -0.05) is 12.1 Å². The molecule has 2 aromatic carbocycles. The number of nitrogens with zero attached hydrogens (tertiary/aromatic N) is 1. The smallest absolute Gasteiger partial charge is 0.262 e. The van der Waals surface area contributed by atoms with Gasteiger partial charge in [0.15, 0.2) is 6.17 Å². The molecule has 114 valence electrons. The van der Waals surface area contributed by atoms with Crippen molar-refractivity contribution in [2.45, 2.75) is 6.17 Å². The zero-order valence-corrected chi connectivity index (χ0v) is 12.1. The minimum Gasteiger partial charge on any atom is -0.465 e. The van der Waals surface area contributed by atoms with E-state index in [1.54, 1.807) is 41.5 Å². The van der Waals surface area contributed by atoms with E-state index in [-0.39, 0.29) is 11.7 Å². The molecule has 0 radical (unpaired) electrons. The summed E-state index contributed by atoms with van der Waals surface area (Å²) in [5.41, 5.74) is 1.91. The van der Waals surface area contributed by atoms with E-state index in [0.29, 0.717) is 17.0 Å². The van der Waals surface area contributed by atoms with Crippen LogP contribution in [-0.2, 0) is 0 Å². The molecule has 1 aromatic heterocycles. The number of nitrogens with one attached hydrogen (secondary N) is 1. The number of fused-ring (bicyclic) bond motifs is 1. The van der Waals surface area contributed by atoms with Gasteiger partial charge >= 0.3 is 0 Å². The summed E-state index contributed by atoms with van der Waals surface area (Å²) in [5, 5.41) is 3.31. The first-order valence-corrected chi connectivity index (χ1v) is 7.22. The molecule has 1 atom stereocenters. The molecule has 1 aliphatic rings. The Balaban J connectivity index is 1.85. The third-order valence-corrected chi connectivity index (χ3v) is 3.84. The molecule has 1 aliphatic heterocycles. The number of para-hydroxylation sites is 1. The number of halogens is 1. The molecule has 0 spiro atoms. The standard InChI is InChI=1S/C18H13FN2O2/c19-12-7-9-13(10-8-12)21-17(16-6-3-11-23-16)20-15-5-2-1-4-14(15)18(21)22/h1-11,17,20H. The Hall–Kier alpha value is -3.08. The number of hydrogen-bond donors (Lipinski definition) is 1. The van der Waals surface area contributed by atoms with E-state index < -0.39 is 6.17 Å². The first-order valence-electron chi connectivity index (χ1n) is 7.22. The maximum atomic E-state index is 13.2. The van der Waals surface area contributed by atoms with Crippen molar-refractivity contribution in [3.63, 3.8) is 0 Å². The lowest BCUT2D eigenvalue weighted by Crippen LogP contribution is -2.43. The Labute approximate surface area is 132 Å². The Bertz CT molecular complexity index is 844. The van der Waals surface area contributed by atoms with E-state index >= 15 is 0 Å². The summed E-state index contributed by atoms with van der Waals surface area (Å²) in [6, 6.07) is 16.7. The van der Waals surface area contributed by atoms with Gasteiger partial charge in [-0.15, -0.1) is 0 Å². The molecule has 4 nitrogen and oxygen atoms in total. The lowest BCUT2D eigenvalue weighted by molar-refractivity contribution is 0.0971. The monoisotopic (exact) mass is 308 g/mol. The Kier molecular flexibility index (Phi) is 3.12. The molecule has 2 heterocycles. The number of amides is 1. The van der Waals surface area contributed by atoms with Crippen molar-refractivity contribution in [1.82, 2.24) is 0 Å². The number of hydrogen-bond acceptors (Lipinski definition) is 3. The van der Waals surface area contributed by atoms with Crippen molar-refractivity contribution >= 4 is 17.3 Å². The van der Waals surface area contributed by atoms with E-state index in [4.69, 9.17) is 4.42 Å². The van der Waals surface area contributed by atoms with E-state index in [1.165, 1.54) is 12.1 Å². The largest absolute Gasteiger partial charge is 0.465 e.